The van der Waals surface area contributed by atoms with Crippen molar-refractivity contribution < 1.29 is 31.8 Å². The van der Waals surface area contributed by atoms with Crippen LogP contribution in [0.1, 0.15) is 19.4 Å². The Bertz CT molecular complexity index is 697. The predicted octanol–water partition coefficient (Wildman–Crippen LogP) is 5.36. The minimum atomic E-state index is -4.90. The molecule has 0 aliphatic heterocycles. The zero-order valence-corrected chi connectivity index (χ0v) is 14.7. The topological polar surface area (TPSA) is 35.5 Å². The van der Waals surface area contributed by atoms with Crippen LogP contribution in [-0.2, 0) is 16.1 Å². The molecule has 2 atom stereocenters. The summed E-state index contributed by atoms with van der Waals surface area (Å²) in [6, 6.07) is 2.48. The summed E-state index contributed by atoms with van der Waals surface area (Å²) < 4.78 is 59.1. The van der Waals surface area contributed by atoms with Crippen molar-refractivity contribution in [2.45, 2.75) is 26.8 Å². The standard InChI is InChI=1S/C16H14Cl2F4O3/c1-15(2)10(6-12(17)18)13(15)14(23)24-7-8-5-9(3-4-11(8)19)25-16(20,21)22/h3-6,10,13H,7H2,1-2H3/t10-,13+/m1/s1. The van der Waals surface area contributed by atoms with E-state index in [1.54, 1.807) is 0 Å². The molecule has 1 aromatic rings. The van der Waals surface area contributed by atoms with Gasteiger partial charge in [0.1, 0.15) is 22.7 Å². The van der Waals surface area contributed by atoms with Gasteiger partial charge in [-0.1, -0.05) is 37.0 Å². The van der Waals surface area contributed by atoms with Crippen molar-refractivity contribution in [3.63, 3.8) is 0 Å². The molecular formula is C16H14Cl2F4O3. The molecule has 3 nitrogen and oxygen atoms in total. The van der Waals surface area contributed by atoms with E-state index in [1.807, 2.05) is 13.8 Å². The van der Waals surface area contributed by atoms with E-state index in [0.717, 1.165) is 18.2 Å². The van der Waals surface area contributed by atoms with Crippen LogP contribution in [0.5, 0.6) is 5.75 Å². The lowest BCUT2D eigenvalue weighted by molar-refractivity contribution is -0.274. The van der Waals surface area contributed by atoms with Crippen molar-refractivity contribution in [2.75, 3.05) is 0 Å². The highest BCUT2D eigenvalue weighted by atomic mass is 35.5. The molecule has 0 heterocycles. The number of halogens is 6. The number of ether oxygens (including phenoxy) is 2. The van der Waals surface area contributed by atoms with Crippen LogP contribution >= 0.6 is 23.2 Å². The summed E-state index contributed by atoms with van der Waals surface area (Å²) in [6.07, 6.45) is -3.38. The highest BCUT2D eigenvalue weighted by Crippen LogP contribution is 2.60. The Kier molecular flexibility index (Phi) is 5.59. The first-order chi connectivity index (χ1) is 11.4. The molecule has 25 heavy (non-hydrogen) atoms. The second-order valence-corrected chi connectivity index (χ2v) is 7.20. The summed E-state index contributed by atoms with van der Waals surface area (Å²) in [4.78, 5) is 12.1. The molecule has 0 bridgehead atoms. The van der Waals surface area contributed by atoms with Gasteiger partial charge < -0.3 is 9.47 Å². The summed E-state index contributed by atoms with van der Waals surface area (Å²) in [5.74, 6) is -2.76. The number of allylic oxidation sites excluding steroid dienone is 1. The monoisotopic (exact) mass is 400 g/mol. The lowest BCUT2D eigenvalue weighted by Gasteiger charge is -2.11. The van der Waals surface area contributed by atoms with Gasteiger partial charge in [-0.05, 0) is 35.6 Å². The van der Waals surface area contributed by atoms with Gasteiger partial charge in [-0.2, -0.15) is 0 Å². The number of esters is 1. The zero-order valence-electron chi connectivity index (χ0n) is 13.2. The Morgan fingerprint density at radius 1 is 1.32 bits per heavy atom. The second-order valence-electron chi connectivity index (χ2n) is 6.19. The summed E-state index contributed by atoms with van der Waals surface area (Å²) in [6.45, 7) is 3.11. The molecular weight excluding hydrogens is 387 g/mol. The maximum absolute atomic E-state index is 13.7. The molecule has 0 radical (unpaired) electrons. The number of hydrogen-bond acceptors (Lipinski definition) is 3. The lowest BCUT2D eigenvalue weighted by atomic mass is 10.1. The molecule has 9 heteroatoms. The Morgan fingerprint density at radius 3 is 2.52 bits per heavy atom. The molecule has 1 saturated carbocycles. The largest absolute Gasteiger partial charge is 0.573 e. The van der Waals surface area contributed by atoms with Gasteiger partial charge in [0.2, 0.25) is 0 Å². The molecule has 0 N–H and O–H groups in total. The first-order valence-corrected chi connectivity index (χ1v) is 7.91. The lowest BCUT2D eigenvalue weighted by Crippen LogP contribution is -2.17. The van der Waals surface area contributed by atoms with Crippen molar-refractivity contribution in [3.8, 4) is 5.75 Å². The van der Waals surface area contributed by atoms with Crippen LogP contribution < -0.4 is 4.74 Å². The van der Waals surface area contributed by atoms with Crippen molar-refractivity contribution in [3.05, 3.63) is 40.1 Å². The molecule has 1 fully saturated rings. The van der Waals surface area contributed by atoms with Crippen molar-refractivity contribution >= 4 is 29.2 Å². The fraction of sp³-hybridized carbons (Fsp3) is 0.438. The van der Waals surface area contributed by atoms with E-state index in [2.05, 4.69) is 4.74 Å². The SMILES string of the molecule is CC1(C)[C@H](C=C(Cl)Cl)[C@H]1C(=O)OCc1cc(OC(F)(F)F)ccc1F. The number of carbonyl (C=O) groups excluding carboxylic acids is 1. The first kappa shape index (κ1) is 19.8. The van der Waals surface area contributed by atoms with Gasteiger partial charge in [-0.25, -0.2) is 4.39 Å². The van der Waals surface area contributed by atoms with Crippen LogP contribution in [-0.4, -0.2) is 12.3 Å². The van der Waals surface area contributed by atoms with Crippen molar-refractivity contribution in [1.82, 2.24) is 0 Å². The van der Waals surface area contributed by atoms with Crippen LogP contribution in [0.25, 0.3) is 0 Å². The van der Waals surface area contributed by atoms with Crippen LogP contribution in [0.4, 0.5) is 17.6 Å². The Labute approximate surface area is 151 Å². The molecule has 0 aromatic heterocycles. The van der Waals surface area contributed by atoms with Gasteiger partial charge in [0.15, 0.2) is 0 Å². The van der Waals surface area contributed by atoms with E-state index >= 15 is 0 Å². The van der Waals surface area contributed by atoms with E-state index in [4.69, 9.17) is 27.9 Å². The van der Waals surface area contributed by atoms with Gasteiger partial charge in [0.05, 0.1) is 5.92 Å². The highest BCUT2D eigenvalue weighted by molar-refractivity contribution is 6.55. The van der Waals surface area contributed by atoms with Crippen LogP contribution in [0.3, 0.4) is 0 Å². The van der Waals surface area contributed by atoms with E-state index < -0.39 is 41.8 Å². The van der Waals surface area contributed by atoms with E-state index in [9.17, 15) is 22.4 Å². The molecule has 1 aliphatic carbocycles. The summed E-state index contributed by atoms with van der Waals surface area (Å²) >= 11 is 11.2. The van der Waals surface area contributed by atoms with Crippen molar-refractivity contribution in [1.29, 1.82) is 0 Å². The number of alkyl halides is 3. The third kappa shape index (κ3) is 5.01. The fourth-order valence-electron chi connectivity index (χ4n) is 2.67. The van der Waals surface area contributed by atoms with E-state index in [-0.39, 0.29) is 16.0 Å². The minimum Gasteiger partial charge on any atom is -0.460 e. The first-order valence-electron chi connectivity index (χ1n) is 7.15. The Morgan fingerprint density at radius 2 is 1.96 bits per heavy atom. The third-order valence-corrected chi connectivity index (χ3v) is 4.34. The molecule has 0 spiro atoms. The molecule has 2 rings (SSSR count). The number of rotatable bonds is 5. The zero-order chi connectivity index (χ0) is 19.0. The highest BCUT2D eigenvalue weighted by Gasteiger charge is 2.61. The fourth-order valence-corrected chi connectivity index (χ4v) is 2.94. The minimum absolute atomic E-state index is 0.0245. The van der Waals surface area contributed by atoms with E-state index in [0.29, 0.717) is 0 Å². The van der Waals surface area contributed by atoms with Gasteiger partial charge in [0.25, 0.3) is 0 Å². The number of benzene rings is 1. The van der Waals surface area contributed by atoms with Gasteiger partial charge in [-0.15, -0.1) is 13.2 Å². The van der Waals surface area contributed by atoms with Crippen molar-refractivity contribution in [2.24, 2.45) is 17.3 Å². The smallest absolute Gasteiger partial charge is 0.460 e. The molecule has 0 saturated heterocycles. The molecule has 1 aromatic carbocycles. The van der Waals surface area contributed by atoms with Gasteiger partial charge >= 0.3 is 12.3 Å². The summed E-state index contributed by atoms with van der Waals surface area (Å²) in [5.41, 5.74) is -0.651. The Balaban J connectivity index is 2.03. The van der Waals surface area contributed by atoms with E-state index in [1.165, 1.54) is 6.08 Å². The number of hydrogen-bond donors (Lipinski definition) is 0. The summed E-state index contributed by atoms with van der Waals surface area (Å²) in [5, 5.41) is 0. The quantitative estimate of drug-likeness (QED) is 0.493. The van der Waals surface area contributed by atoms with Crippen LogP contribution in [0, 0.1) is 23.1 Å². The second kappa shape index (κ2) is 7.03. The molecule has 0 amide bonds. The molecule has 0 unspecified atom stereocenters. The van der Waals surface area contributed by atoms with Gasteiger partial charge in [-0.3, -0.25) is 4.79 Å². The Hall–Kier alpha value is -1.47. The average Bonchev–Trinajstić information content (AvgIpc) is 2.97. The maximum atomic E-state index is 13.7. The molecule has 1 aliphatic rings. The van der Waals surface area contributed by atoms with Crippen LogP contribution in [0.15, 0.2) is 28.8 Å². The molecule has 138 valence electrons. The van der Waals surface area contributed by atoms with Crippen LogP contribution in [0.2, 0.25) is 0 Å². The maximum Gasteiger partial charge on any atom is 0.573 e. The summed E-state index contributed by atoms with van der Waals surface area (Å²) in [7, 11) is 0. The average molecular weight is 401 g/mol. The normalized spacial score (nSPS) is 21.4. The van der Waals surface area contributed by atoms with Gasteiger partial charge in [0, 0.05) is 5.56 Å². The predicted molar refractivity (Wildman–Crippen MR) is 83.4 cm³/mol. The third-order valence-electron chi connectivity index (χ3n) is 4.09. The number of carbonyl (C=O) groups is 1.